The number of hydrogen-bond donors (Lipinski definition) is 1. The van der Waals surface area contributed by atoms with Crippen LogP contribution in [-0.2, 0) is 11.5 Å². The smallest absolute Gasteiger partial charge is 0.230 e. The molecule has 1 aromatic carbocycles. The Bertz CT molecular complexity index is 971. The number of rotatable bonds is 3. The summed E-state index contributed by atoms with van der Waals surface area (Å²) in [6, 6.07) is 7.31. The molecule has 0 saturated heterocycles. The number of para-hydroxylation sites is 1. The number of aromatic nitrogens is 3. The van der Waals surface area contributed by atoms with Crippen LogP contribution in [0.3, 0.4) is 0 Å². The van der Waals surface area contributed by atoms with Crippen LogP contribution in [0.25, 0.3) is 10.9 Å². The van der Waals surface area contributed by atoms with Gasteiger partial charge in [-0.15, -0.1) is 0 Å². The first kappa shape index (κ1) is 14.2. The number of ketones is 2. The minimum atomic E-state index is -0.331. The van der Waals surface area contributed by atoms with E-state index in [1.54, 1.807) is 0 Å². The first-order valence-corrected chi connectivity index (χ1v) is 7.55. The zero-order chi connectivity index (χ0) is 16.1. The molecule has 0 saturated carbocycles. The molecule has 3 aromatic rings. The molecule has 7 heteroatoms. The van der Waals surface area contributed by atoms with Crippen molar-refractivity contribution in [3.8, 4) is 0 Å². The average molecular weight is 330 g/mol. The summed E-state index contributed by atoms with van der Waals surface area (Å²) in [5, 5.41) is 0.784. The lowest BCUT2D eigenvalue weighted by molar-refractivity contribution is 0.0815. The minimum absolute atomic E-state index is 0.0683. The maximum atomic E-state index is 13.0. The first-order chi connectivity index (χ1) is 11.1. The van der Waals surface area contributed by atoms with Gasteiger partial charge in [-0.1, -0.05) is 18.2 Å². The van der Waals surface area contributed by atoms with Gasteiger partial charge in [-0.3, -0.25) is 14.2 Å². The monoisotopic (exact) mass is 329 g/mol. The van der Waals surface area contributed by atoms with Gasteiger partial charge in [0.25, 0.3) is 0 Å². The van der Waals surface area contributed by atoms with Crippen LogP contribution in [0.1, 0.15) is 39.2 Å². The summed E-state index contributed by atoms with van der Waals surface area (Å²) in [6.45, 7) is 2.38. The lowest BCUT2D eigenvalue weighted by Gasteiger charge is -2.13. The zero-order valence-corrected chi connectivity index (χ0v) is 13.0. The molecule has 0 amide bonds. The Hall–Kier alpha value is -2.44. The van der Waals surface area contributed by atoms with E-state index in [1.165, 1.54) is 4.57 Å². The summed E-state index contributed by atoms with van der Waals surface area (Å²) in [5.74, 6) is -0.603. The van der Waals surface area contributed by atoms with Crippen LogP contribution >= 0.6 is 11.6 Å². The third kappa shape index (κ3) is 1.89. The zero-order valence-electron chi connectivity index (χ0n) is 12.2. The molecule has 1 aliphatic rings. The molecular formula is C16H12ClN3O3. The van der Waals surface area contributed by atoms with Gasteiger partial charge < -0.3 is 9.72 Å². The number of carbonyl (C=O) groups is 2. The highest BCUT2D eigenvalue weighted by Gasteiger charge is 2.38. The second-order valence-corrected chi connectivity index (χ2v) is 5.54. The van der Waals surface area contributed by atoms with E-state index in [0.717, 1.165) is 5.52 Å². The van der Waals surface area contributed by atoms with Gasteiger partial charge in [0.1, 0.15) is 23.8 Å². The minimum Gasteiger partial charge on any atom is -0.361 e. The van der Waals surface area contributed by atoms with Crippen molar-refractivity contribution in [3.63, 3.8) is 0 Å². The number of ether oxygens (including phenoxy) is 1. The van der Waals surface area contributed by atoms with E-state index in [4.69, 9.17) is 16.3 Å². The molecule has 6 nitrogen and oxygen atoms in total. The molecule has 0 aliphatic heterocycles. The van der Waals surface area contributed by atoms with Crippen LogP contribution in [0.4, 0.5) is 0 Å². The van der Waals surface area contributed by atoms with E-state index in [2.05, 4.69) is 9.97 Å². The summed E-state index contributed by atoms with van der Waals surface area (Å²) in [7, 11) is 0. The van der Waals surface area contributed by atoms with Gasteiger partial charge >= 0.3 is 0 Å². The second-order valence-electron chi connectivity index (χ2n) is 5.21. The highest BCUT2D eigenvalue weighted by atomic mass is 35.5. The number of aromatic amines is 1. The summed E-state index contributed by atoms with van der Waals surface area (Å²) >= 11 is 6.09. The molecule has 0 radical (unpaired) electrons. The van der Waals surface area contributed by atoms with E-state index in [9.17, 15) is 9.59 Å². The number of nitrogens with one attached hydrogen (secondary N) is 1. The summed E-state index contributed by atoms with van der Waals surface area (Å²) in [6.07, 6.45) is 0. The molecule has 1 aliphatic carbocycles. The third-order valence-corrected chi connectivity index (χ3v) is 4.22. The number of hydrogen-bond acceptors (Lipinski definition) is 4. The van der Waals surface area contributed by atoms with Gasteiger partial charge in [-0.25, -0.2) is 4.98 Å². The molecular weight excluding hydrogens is 318 g/mol. The number of carbonyl (C=O) groups excluding carboxylic acids is 2. The molecule has 0 spiro atoms. The van der Waals surface area contributed by atoms with Gasteiger partial charge in [-0.05, 0) is 24.6 Å². The van der Waals surface area contributed by atoms with Gasteiger partial charge in [-0.2, -0.15) is 0 Å². The van der Waals surface area contributed by atoms with Crippen LogP contribution in [0.5, 0.6) is 0 Å². The van der Waals surface area contributed by atoms with Crippen LogP contribution in [0.2, 0.25) is 5.28 Å². The molecule has 0 bridgehead atoms. The number of fused-ring (bicyclic) bond motifs is 4. The second kappa shape index (κ2) is 5.04. The number of H-pyrrole nitrogens is 1. The van der Waals surface area contributed by atoms with Crippen molar-refractivity contribution in [1.82, 2.24) is 14.5 Å². The molecule has 2 aromatic heterocycles. The molecule has 4 rings (SSSR count). The quantitative estimate of drug-likeness (QED) is 0.627. The highest BCUT2D eigenvalue weighted by molar-refractivity contribution is 6.33. The molecule has 23 heavy (non-hydrogen) atoms. The summed E-state index contributed by atoms with van der Waals surface area (Å²) in [5.41, 5.74) is 1.63. The summed E-state index contributed by atoms with van der Waals surface area (Å²) < 4.78 is 6.77. The maximum Gasteiger partial charge on any atom is 0.230 e. The van der Waals surface area contributed by atoms with Crippen molar-refractivity contribution < 1.29 is 14.3 Å². The van der Waals surface area contributed by atoms with E-state index in [0.29, 0.717) is 17.6 Å². The first-order valence-electron chi connectivity index (χ1n) is 7.17. The molecule has 0 fully saturated rings. The van der Waals surface area contributed by atoms with Crippen molar-refractivity contribution >= 4 is 34.1 Å². The van der Waals surface area contributed by atoms with Crippen LogP contribution < -0.4 is 0 Å². The normalized spacial score (nSPS) is 13.5. The number of nitrogens with zero attached hydrogens (tertiary/aromatic N) is 2. The topological polar surface area (TPSA) is 77.0 Å². The number of halogens is 1. The Kier molecular flexibility index (Phi) is 3.11. The van der Waals surface area contributed by atoms with E-state index >= 15 is 0 Å². The van der Waals surface area contributed by atoms with Crippen molar-refractivity contribution in [3.05, 3.63) is 52.2 Å². The Balaban J connectivity index is 1.97. The van der Waals surface area contributed by atoms with E-state index in [-0.39, 0.29) is 40.7 Å². The van der Waals surface area contributed by atoms with Crippen LogP contribution in [-0.4, -0.2) is 32.7 Å². The fourth-order valence-corrected chi connectivity index (χ4v) is 3.12. The summed E-state index contributed by atoms with van der Waals surface area (Å²) in [4.78, 5) is 32.8. The predicted molar refractivity (Wildman–Crippen MR) is 84.0 cm³/mol. The van der Waals surface area contributed by atoms with E-state index < -0.39 is 0 Å². The Morgan fingerprint density at radius 1 is 1.26 bits per heavy atom. The highest BCUT2D eigenvalue weighted by Crippen LogP contribution is 2.33. The lowest BCUT2D eigenvalue weighted by Crippen LogP contribution is -2.23. The molecule has 1 N–H and O–H groups in total. The lowest BCUT2D eigenvalue weighted by atomic mass is 9.94. The fraction of sp³-hybridized carbons (Fsp3) is 0.188. The standard InChI is InChI=1S/C16H12ClN3O3/c1-2-23-7-20-13-12(19-16(20)17)15(22)11-10(14(13)21)8-5-3-4-6-9(8)18-11/h3-6,18H,2,7H2,1H3. The van der Waals surface area contributed by atoms with Crippen molar-refractivity contribution in [1.29, 1.82) is 0 Å². The van der Waals surface area contributed by atoms with Gasteiger partial charge in [0.2, 0.25) is 16.9 Å². The molecule has 0 unspecified atom stereocenters. The largest absolute Gasteiger partial charge is 0.361 e. The van der Waals surface area contributed by atoms with Gasteiger partial charge in [0.05, 0.1) is 5.56 Å². The average Bonchev–Trinajstić information content (AvgIpc) is 3.09. The SMILES string of the molecule is CCOCn1c(Cl)nc2c1C(=O)c1c([nH]c3ccccc13)C2=O. The molecule has 2 heterocycles. The Morgan fingerprint density at radius 3 is 2.83 bits per heavy atom. The molecule has 0 atom stereocenters. The van der Waals surface area contributed by atoms with Crippen LogP contribution in [0.15, 0.2) is 24.3 Å². The number of benzene rings is 1. The molecule has 116 valence electrons. The van der Waals surface area contributed by atoms with Crippen molar-refractivity contribution in [2.24, 2.45) is 0 Å². The maximum absolute atomic E-state index is 13.0. The Morgan fingerprint density at radius 2 is 2.04 bits per heavy atom. The van der Waals surface area contributed by atoms with Crippen molar-refractivity contribution in [2.45, 2.75) is 13.7 Å². The van der Waals surface area contributed by atoms with Crippen LogP contribution in [0, 0.1) is 0 Å². The fourth-order valence-electron chi connectivity index (χ4n) is 2.90. The third-order valence-electron chi connectivity index (χ3n) is 3.94. The van der Waals surface area contributed by atoms with E-state index in [1.807, 2.05) is 31.2 Å². The van der Waals surface area contributed by atoms with Crippen molar-refractivity contribution in [2.75, 3.05) is 6.61 Å². The Labute approximate surface area is 136 Å². The van der Waals surface area contributed by atoms with Gasteiger partial charge in [0, 0.05) is 17.5 Å². The van der Waals surface area contributed by atoms with Gasteiger partial charge in [0.15, 0.2) is 0 Å². The number of imidazole rings is 1. The predicted octanol–water partition coefficient (Wildman–Crippen LogP) is 2.79.